The molecule has 6 nitrogen and oxygen atoms in total. The van der Waals surface area contributed by atoms with Crippen LogP contribution in [0.5, 0.6) is 0 Å². The van der Waals surface area contributed by atoms with Crippen molar-refractivity contribution in [2.45, 2.75) is 13.3 Å². The van der Waals surface area contributed by atoms with E-state index in [1.807, 2.05) is 6.92 Å². The standard InChI is InChI=1S/C5H7N3.CH3NO2/c1-2-5-7-3-6-4-8-5;2-1(3)4/h3-4H,2H2,1H3;2H2,(H,3,4). The maximum absolute atomic E-state index is 8.78. The van der Waals surface area contributed by atoms with E-state index in [9.17, 15) is 0 Å². The van der Waals surface area contributed by atoms with Crippen LogP contribution in [-0.2, 0) is 6.42 Å². The van der Waals surface area contributed by atoms with Gasteiger partial charge < -0.3 is 10.8 Å². The largest absolute Gasteiger partial charge is 0.465 e. The summed E-state index contributed by atoms with van der Waals surface area (Å²) < 4.78 is 0. The van der Waals surface area contributed by atoms with E-state index in [4.69, 9.17) is 9.90 Å². The number of rotatable bonds is 1. The Bertz CT molecular complexity index is 222. The number of aryl methyl sites for hydroxylation is 1. The predicted octanol–water partition coefficient (Wildman–Crippen LogP) is 0.0571. The van der Waals surface area contributed by atoms with Crippen molar-refractivity contribution < 1.29 is 9.90 Å². The number of aromatic nitrogens is 3. The third-order valence-corrected chi connectivity index (χ3v) is 0.863. The zero-order valence-electron chi connectivity index (χ0n) is 6.64. The van der Waals surface area contributed by atoms with Gasteiger partial charge in [0.2, 0.25) is 0 Å². The molecule has 0 unspecified atom stereocenters. The topological polar surface area (TPSA) is 102 Å². The summed E-state index contributed by atoms with van der Waals surface area (Å²) in [6, 6.07) is 0. The monoisotopic (exact) mass is 170 g/mol. The summed E-state index contributed by atoms with van der Waals surface area (Å²) in [4.78, 5) is 20.2. The molecule has 0 radical (unpaired) electrons. The number of carbonyl (C=O) groups is 1. The number of carboxylic acid groups (broad SMARTS) is 1. The van der Waals surface area contributed by atoms with Gasteiger partial charge in [-0.2, -0.15) is 0 Å². The van der Waals surface area contributed by atoms with Crippen molar-refractivity contribution >= 4 is 6.09 Å². The second-order valence-electron chi connectivity index (χ2n) is 1.75. The van der Waals surface area contributed by atoms with Gasteiger partial charge >= 0.3 is 6.09 Å². The minimum atomic E-state index is -1.33. The predicted molar refractivity (Wildman–Crippen MR) is 41.4 cm³/mol. The lowest BCUT2D eigenvalue weighted by Crippen LogP contribution is -2.03. The van der Waals surface area contributed by atoms with Crippen molar-refractivity contribution in [1.82, 2.24) is 15.0 Å². The van der Waals surface area contributed by atoms with E-state index in [1.165, 1.54) is 12.7 Å². The summed E-state index contributed by atoms with van der Waals surface area (Å²) in [7, 11) is 0. The number of amides is 1. The Morgan fingerprint density at radius 2 is 2.00 bits per heavy atom. The molecule has 1 heterocycles. The summed E-state index contributed by atoms with van der Waals surface area (Å²) in [5.41, 5.74) is 4.03. The number of hydrogen-bond donors (Lipinski definition) is 2. The highest BCUT2D eigenvalue weighted by atomic mass is 16.4. The summed E-state index contributed by atoms with van der Waals surface area (Å²) >= 11 is 0. The van der Waals surface area contributed by atoms with Gasteiger partial charge in [-0.15, -0.1) is 0 Å². The molecule has 0 saturated carbocycles. The van der Waals surface area contributed by atoms with Crippen LogP contribution in [0.25, 0.3) is 0 Å². The molecule has 0 bridgehead atoms. The highest BCUT2D eigenvalue weighted by Gasteiger charge is 1.84. The van der Waals surface area contributed by atoms with Crippen LogP contribution in [0.3, 0.4) is 0 Å². The SMILES string of the molecule is CCc1ncncn1.NC(=O)O. The van der Waals surface area contributed by atoms with Gasteiger partial charge in [-0.3, -0.25) is 0 Å². The van der Waals surface area contributed by atoms with E-state index in [-0.39, 0.29) is 0 Å². The molecule has 3 N–H and O–H groups in total. The molecule has 0 atom stereocenters. The Morgan fingerprint density at radius 1 is 1.58 bits per heavy atom. The first-order chi connectivity index (χ1) is 5.66. The fraction of sp³-hybridized carbons (Fsp3) is 0.333. The second kappa shape index (κ2) is 6.02. The molecule has 0 fully saturated rings. The van der Waals surface area contributed by atoms with Crippen molar-refractivity contribution in [3.8, 4) is 0 Å². The van der Waals surface area contributed by atoms with E-state index in [2.05, 4.69) is 20.7 Å². The molecule has 66 valence electrons. The van der Waals surface area contributed by atoms with Gasteiger partial charge in [-0.1, -0.05) is 6.92 Å². The average Bonchev–Trinajstić information content (AvgIpc) is 2.05. The fourth-order valence-electron chi connectivity index (χ4n) is 0.446. The van der Waals surface area contributed by atoms with Gasteiger partial charge in [-0.05, 0) is 0 Å². The van der Waals surface area contributed by atoms with E-state index in [0.29, 0.717) is 0 Å². The second-order valence-corrected chi connectivity index (χ2v) is 1.75. The summed E-state index contributed by atoms with van der Waals surface area (Å²) in [5, 5.41) is 7.19. The zero-order valence-corrected chi connectivity index (χ0v) is 6.64. The van der Waals surface area contributed by atoms with Crippen LogP contribution in [0.15, 0.2) is 12.7 Å². The first-order valence-corrected chi connectivity index (χ1v) is 3.26. The molecule has 1 aromatic rings. The molecule has 0 aromatic carbocycles. The third-order valence-electron chi connectivity index (χ3n) is 0.863. The smallest absolute Gasteiger partial charge is 0.402 e. The fourth-order valence-corrected chi connectivity index (χ4v) is 0.446. The Hall–Kier alpha value is -1.72. The highest BCUT2D eigenvalue weighted by molar-refractivity contribution is 5.61. The molecule has 0 spiro atoms. The molecule has 0 aliphatic heterocycles. The minimum Gasteiger partial charge on any atom is -0.465 e. The molecule has 12 heavy (non-hydrogen) atoms. The normalized spacial score (nSPS) is 8.08. The number of hydrogen-bond acceptors (Lipinski definition) is 4. The van der Waals surface area contributed by atoms with E-state index >= 15 is 0 Å². The Balaban J connectivity index is 0.000000261. The van der Waals surface area contributed by atoms with Crippen molar-refractivity contribution in [1.29, 1.82) is 0 Å². The zero-order chi connectivity index (χ0) is 9.40. The van der Waals surface area contributed by atoms with Gasteiger partial charge in [0.25, 0.3) is 0 Å². The number of nitrogens with two attached hydrogens (primary N) is 1. The van der Waals surface area contributed by atoms with Crippen molar-refractivity contribution in [2.24, 2.45) is 5.73 Å². The van der Waals surface area contributed by atoms with Crippen LogP contribution in [0.4, 0.5) is 4.79 Å². The molecule has 0 aliphatic rings. The van der Waals surface area contributed by atoms with Crippen LogP contribution in [0, 0.1) is 0 Å². The van der Waals surface area contributed by atoms with Crippen LogP contribution in [0.2, 0.25) is 0 Å². The van der Waals surface area contributed by atoms with E-state index < -0.39 is 6.09 Å². The summed E-state index contributed by atoms with van der Waals surface area (Å²) in [5.74, 6) is 0.847. The van der Waals surface area contributed by atoms with Crippen LogP contribution < -0.4 is 5.73 Å². The third kappa shape index (κ3) is 6.40. The lowest BCUT2D eigenvalue weighted by molar-refractivity contribution is 0.205. The lowest BCUT2D eigenvalue weighted by Gasteiger charge is -1.87. The van der Waals surface area contributed by atoms with Crippen molar-refractivity contribution in [2.75, 3.05) is 0 Å². The van der Waals surface area contributed by atoms with Crippen LogP contribution in [-0.4, -0.2) is 26.2 Å². The number of nitrogens with zero attached hydrogens (tertiary/aromatic N) is 3. The number of primary amides is 1. The molecule has 6 heteroatoms. The maximum Gasteiger partial charge on any atom is 0.402 e. The molecular weight excluding hydrogens is 160 g/mol. The molecular formula is C6H10N4O2. The Labute approximate surface area is 69.5 Å². The maximum atomic E-state index is 8.78. The van der Waals surface area contributed by atoms with Gasteiger partial charge in [0, 0.05) is 6.42 Å². The Morgan fingerprint density at radius 3 is 2.25 bits per heavy atom. The van der Waals surface area contributed by atoms with Gasteiger partial charge in [0.05, 0.1) is 0 Å². The van der Waals surface area contributed by atoms with Gasteiger partial charge in [0.1, 0.15) is 18.5 Å². The first-order valence-electron chi connectivity index (χ1n) is 3.26. The molecule has 1 amide bonds. The van der Waals surface area contributed by atoms with Crippen LogP contribution >= 0.6 is 0 Å². The average molecular weight is 170 g/mol. The molecule has 0 saturated heterocycles. The van der Waals surface area contributed by atoms with Crippen molar-refractivity contribution in [3.63, 3.8) is 0 Å². The summed E-state index contributed by atoms with van der Waals surface area (Å²) in [6.07, 6.45) is 2.56. The van der Waals surface area contributed by atoms with Crippen LogP contribution in [0.1, 0.15) is 12.7 Å². The van der Waals surface area contributed by atoms with E-state index in [1.54, 1.807) is 0 Å². The Kier molecular flexibility index (Phi) is 5.16. The minimum absolute atomic E-state index is 0.847. The quantitative estimate of drug-likeness (QED) is 0.620. The molecule has 1 aromatic heterocycles. The van der Waals surface area contributed by atoms with Crippen molar-refractivity contribution in [3.05, 3.63) is 18.5 Å². The van der Waals surface area contributed by atoms with Gasteiger partial charge in [0.15, 0.2) is 0 Å². The first kappa shape index (κ1) is 10.3. The molecule has 1 rings (SSSR count). The molecule has 0 aliphatic carbocycles. The lowest BCUT2D eigenvalue weighted by atomic mass is 10.5. The summed E-state index contributed by atoms with van der Waals surface area (Å²) in [6.45, 7) is 2.01. The van der Waals surface area contributed by atoms with E-state index in [0.717, 1.165) is 12.2 Å². The van der Waals surface area contributed by atoms with Gasteiger partial charge in [-0.25, -0.2) is 19.7 Å². The highest BCUT2D eigenvalue weighted by Crippen LogP contribution is 1.82.